The number of carbonyl (C=O) groups excluding carboxylic acids is 1. The molecule has 11 heavy (non-hydrogen) atoms. The van der Waals surface area contributed by atoms with E-state index in [0.29, 0.717) is 11.7 Å². The number of carbonyl (C=O) groups is 1. The largest absolute Gasteiger partial charge is 0.299 e. The van der Waals surface area contributed by atoms with Crippen molar-refractivity contribution in [2.45, 2.75) is 39.5 Å². The molecular formula is C10H16O. The molecule has 2 rings (SSSR count). The van der Waals surface area contributed by atoms with E-state index in [2.05, 4.69) is 13.8 Å². The fraction of sp³-hybridized carbons (Fsp3) is 0.900. The molecule has 1 nitrogen and oxygen atoms in total. The van der Waals surface area contributed by atoms with Crippen molar-refractivity contribution in [3.05, 3.63) is 0 Å². The molecule has 0 amide bonds. The van der Waals surface area contributed by atoms with E-state index in [-0.39, 0.29) is 5.41 Å². The van der Waals surface area contributed by atoms with Crippen LogP contribution < -0.4 is 0 Å². The standard InChI is InChI=1S/C10H16O/c1-10(2)6-7-4-3-5-8(7)9(10)11/h7-8H,3-6H2,1-2H3/t7-,8-/m1/s1. The zero-order valence-electron chi connectivity index (χ0n) is 7.39. The monoisotopic (exact) mass is 152 g/mol. The second kappa shape index (κ2) is 2.09. The van der Waals surface area contributed by atoms with Gasteiger partial charge in [-0.3, -0.25) is 4.79 Å². The molecule has 0 aliphatic heterocycles. The number of hydrogen-bond acceptors (Lipinski definition) is 1. The van der Waals surface area contributed by atoms with Crippen molar-refractivity contribution in [1.29, 1.82) is 0 Å². The summed E-state index contributed by atoms with van der Waals surface area (Å²) in [6.07, 6.45) is 4.92. The number of rotatable bonds is 0. The van der Waals surface area contributed by atoms with Gasteiger partial charge in [0.05, 0.1) is 0 Å². The van der Waals surface area contributed by atoms with Gasteiger partial charge >= 0.3 is 0 Å². The Morgan fingerprint density at radius 1 is 1.36 bits per heavy atom. The maximum absolute atomic E-state index is 11.7. The lowest BCUT2D eigenvalue weighted by Crippen LogP contribution is -2.21. The zero-order chi connectivity index (χ0) is 8.06. The van der Waals surface area contributed by atoms with Crippen LogP contribution in [-0.2, 0) is 4.79 Å². The third kappa shape index (κ3) is 0.935. The van der Waals surface area contributed by atoms with E-state index in [9.17, 15) is 4.79 Å². The lowest BCUT2D eigenvalue weighted by molar-refractivity contribution is -0.127. The Balaban J connectivity index is 2.23. The smallest absolute Gasteiger partial charge is 0.141 e. The van der Waals surface area contributed by atoms with Gasteiger partial charge in [0, 0.05) is 11.3 Å². The maximum atomic E-state index is 11.7. The van der Waals surface area contributed by atoms with Crippen molar-refractivity contribution in [1.82, 2.24) is 0 Å². The summed E-state index contributed by atoms with van der Waals surface area (Å²) in [5, 5.41) is 0. The Kier molecular flexibility index (Phi) is 1.39. The Morgan fingerprint density at radius 3 is 2.73 bits per heavy atom. The maximum Gasteiger partial charge on any atom is 0.141 e. The second-order valence-corrected chi connectivity index (χ2v) is 4.75. The SMILES string of the molecule is CC1(C)C[C@H]2CCC[C@H]2C1=O. The van der Waals surface area contributed by atoms with Crippen molar-refractivity contribution in [3.63, 3.8) is 0 Å². The van der Waals surface area contributed by atoms with Crippen molar-refractivity contribution >= 4 is 5.78 Å². The normalized spacial score (nSPS) is 41.1. The van der Waals surface area contributed by atoms with E-state index in [1.54, 1.807) is 0 Å². The van der Waals surface area contributed by atoms with Crippen LogP contribution in [0.5, 0.6) is 0 Å². The minimum Gasteiger partial charge on any atom is -0.299 e. The summed E-state index contributed by atoms with van der Waals surface area (Å²) in [6.45, 7) is 4.21. The van der Waals surface area contributed by atoms with Crippen LogP contribution in [0.1, 0.15) is 39.5 Å². The first kappa shape index (κ1) is 7.33. The van der Waals surface area contributed by atoms with Crippen LogP contribution in [0.25, 0.3) is 0 Å². The summed E-state index contributed by atoms with van der Waals surface area (Å²) in [5.74, 6) is 1.74. The summed E-state index contributed by atoms with van der Waals surface area (Å²) in [4.78, 5) is 11.7. The molecule has 2 saturated carbocycles. The quantitative estimate of drug-likeness (QED) is 0.521. The number of fused-ring (bicyclic) bond motifs is 1. The minimum absolute atomic E-state index is 0.00968. The third-order valence-electron chi connectivity index (χ3n) is 3.44. The van der Waals surface area contributed by atoms with Gasteiger partial charge in [-0.2, -0.15) is 0 Å². The lowest BCUT2D eigenvalue weighted by Gasteiger charge is -2.15. The van der Waals surface area contributed by atoms with Crippen LogP contribution in [0.3, 0.4) is 0 Å². The highest BCUT2D eigenvalue weighted by Crippen LogP contribution is 2.49. The van der Waals surface area contributed by atoms with Crippen LogP contribution in [0, 0.1) is 17.3 Å². The number of hydrogen-bond donors (Lipinski definition) is 0. The van der Waals surface area contributed by atoms with Crippen molar-refractivity contribution in [2.75, 3.05) is 0 Å². The highest BCUT2D eigenvalue weighted by molar-refractivity contribution is 5.89. The first-order valence-corrected chi connectivity index (χ1v) is 4.65. The summed E-state index contributed by atoms with van der Waals surface area (Å²) in [5.41, 5.74) is 0.00968. The molecule has 2 aliphatic rings. The van der Waals surface area contributed by atoms with Crippen LogP contribution >= 0.6 is 0 Å². The topological polar surface area (TPSA) is 17.1 Å². The summed E-state index contributed by atoms with van der Waals surface area (Å²) in [7, 11) is 0. The molecule has 0 N–H and O–H groups in total. The number of Topliss-reactive ketones (excluding diaryl/α,β-unsaturated/α-hetero) is 1. The average molecular weight is 152 g/mol. The Labute approximate surface area is 68.2 Å². The van der Waals surface area contributed by atoms with Gasteiger partial charge in [-0.25, -0.2) is 0 Å². The molecule has 2 aliphatic carbocycles. The highest BCUT2D eigenvalue weighted by Gasteiger charge is 2.48. The van der Waals surface area contributed by atoms with E-state index in [1.807, 2.05) is 0 Å². The molecule has 0 unspecified atom stereocenters. The van der Waals surface area contributed by atoms with Crippen LogP contribution in [0.4, 0.5) is 0 Å². The molecule has 0 aromatic heterocycles. The fourth-order valence-electron chi connectivity index (χ4n) is 2.88. The fourth-order valence-corrected chi connectivity index (χ4v) is 2.88. The van der Waals surface area contributed by atoms with Gasteiger partial charge in [0.1, 0.15) is 5.78 Å². The minimum atomic E-state index is 0.00968. The van der Waals surface area contributed by atoms with E-state index in [4.69, 9.17) is 0 Å². The van der Waals surface area contributed by atoms with Crippen LogP contribution in [0.15, 0.2) is 0 Å². The molecule has 0 aromatic carbocycles. The molecule has 62 valence electrons. The average Bonchev–Trinajstić information content (AvgIpc) is 2.39. The molecule has 2 atom stereocenters. The Hall–Kier alpha value is -0.330. The van der Waals surface area contributed by atoms with Crippen LogP contribution in [0.2, 0.25) is 0 Å². The zero-order valence-corrected chi connectivity index (χ0v) is 7.39. The molecule has 0 radical (unpaired) electrons. The van der Waals surface area contributed by atoms with E-state index >= 15 is 0 Å². The summed E-state index contributed by atoms with van der Waals surface area (Å²) < 4.78 is 0. The molecule has 2 fully saturated rings. The predicted octanol–water partition coefficient (Wildman–Crippen LogP) is 2.40. The van der Waals surface area contributed by atoms with E-state index in [1.165, 1.54) is 19.3 Å². The molecule has 0 bridgehead atoms. The lowest BCUT2D eigenvalue weighted by atomic mass is 9.87. The van der Waals surface area contributed by atoms with Gasteiger partial charge in [-0.1, -0.05) is 20.3 Å². The van der Waals surface area contributed by atoms with E-state index in [0.717, 1.165) is 12.3 Å². The molecule has 0 heterocycles. The van der Waals surface area contributed by atoms with Gasteiger partial charge in [0.25, 0.3) is 0 Å². The molecular weight excluding hydrogens is 136 g/mol. The van der Waals surface area contributed by atoms with Gasteiger partial charge in [0.15, 0.2) is 0 Å². The van der Waals surface area contributed by atoms with Gasteiger partial charge in [0.2, 0.25) is 0 Å². The summed E-state index contributed by atoms with van der Waals surface area (Å²) in [6, 6.07) is 0. The van der Waals surface area contributed by atoms with Crippen LogP contribution in [-0.4, -0.2) is 5.78 Å². The van der Waals surface area contributed by atoms with Gasteiger partial charge < -0.3 is 0 Å². The van der Waals surface area contributed by atoms with Crippen molar-refractivity contribution in [3.8, 4) is 0 Å². The first-order valence-electron chi connectivity index (χ1n) is 4.65. The molecule has 0 aromatic rings. The van der Waals surface area contributed by atoms with Gasteiger partial charge in [-0.05, 0) is 25.2 Å². The van der Waals surface area contributed by atoms with E-state index < -0.39 is 0 Å². The molecule has 0 saturated heterocycles. The third-order valence-corrected chi connectivity index (χ3v) is 3.44. The highest BCUT2D eigenvalue weighted by atomic mass is 16.1. The van der Waals surface area contributed by atoms with Gasteiger partial charge in [-0.15, -0.1) is 0 Å². The molecule has 0 spiro atoms. The first-order chi connectivity index (χ1) is 5.11. The number of ketones is 1. The summed E-state index contributed by atoms with van der Waals surface area (Å²) >= 11 is 0. The Bertz CT molecular complexity index is 193. The van der Waals surface area contributed by atoms with Crippen molar-refractivity contribution in [2.24, 2.45) is 17.3 Å². The Morgan fingerprint density at radius 2 is 2.09 bits per heavy atom. The van der Waals surface area contributed by atoms with Crippen molar-refractivity contribution < 1.29 is 4.79 Å². The molecule has 1 heteroatoms. The second-order valence-electron chi connectivity index (χ2n) is 4.75. The predicted molar refractivity (Wildman–Crippen MR) is 44.2 cm³/mol.